The molecule has 4 saturated heterocycles. The highest BCUT2D eigenvalue weighted by atomic mass is 33.1. The lowest BCUT2D eigenvalue weighted by Crippen LogP contribution is -2.69. The number of nitrogens with one attached hydrogen (secondary N) is 9. The van der Waals surface area contributed by atoms with Crippen LogP contribution in [0, 0.1) is 0 Å². The minimum Gasteiger partial charge on any atom is -0.508 e. The highest BCUT2D eigenvalue weighted by Crippen LogP contribution is 2.34. The van der Waals surface area contributed by atoms with Crippen molar-refractivity contribution in [3.05, 3.63) is 102 Å². The number of benzene rings is 3. The van der Waals surface area contributed by atoms with Crippen LogP contribution >= 0.6 is 21.6 Å². The molecule has 4 fully saturated rings. The van der Waals surface area contributed by atoms with Gasteiger partial charge in [-0.1, -0.05) is 82.3 Å². The van der Waals surface area contributed by atoms with E-state index in [9.17, 15) is 90.7 Å². The smallest absolute Gasteiger partial charge is 0.245 e. The Morgan fingerprint density at radius 2 is 1.29 bits per heavy atom. The fourth-order valence-electron chi connectivity index (χ4n) is 12.2. The number of aromatic amines is 1. The van der Waals surface area contributed by atoms with Gasteiger partial charge in [-0.25, -0.2) is 0 Å². The molecule has 0 saturated carbocycles. The first-order valence-electron chi connectivity index (χ1n) is 34.2. The van der Waals surface area contributed by atoms with Crippen LogP contribution in [0.1, 0.15) is 49.8 Å². The molecule has 4 aliphatic heterocycles. The molecule has 24 atom stereocenters. The number of aliphatic hydroxyl groups is 13. The molecule has 25 N–H and O–H groups in total. The number of aromatic nitrogens is 1. The van der Waals surface area contributed by atoms with E-state index in [2.05, 4.69) is 47.5 Å². The molecule has 38 heteroatoms. The number of amides is 7. The first-order valence-corrected chi connectivity index (χ1v) is 36.7. The largest absolute Gasteiger partial charge is 0.508 e. The van der Waals surface area contributed by atoms with Crippen LogP contribution in [0.4, 0.5) is 0 Å². The maximum absolute atomic E-state index is 15.3. The Labute approximate surface area is 610 Å². The lowest BCUT2D eigenvalue weighted by Gasteiger charge is -2.48. The quantitative estimate of drug-likeness (QED) is 0.0205. The highest BCUT2D eigenvalue weighted by molar-refractivity contribution is 8.76. The average Bonchev–Trinajstić information content (AvgIpc) is 1.39. The highest BCUT2D eigenvalue weighted by Gasteiger charge is 2.55. The standard InChI is InChI=1S/C67H96N10O26S2/c1-31(81)43(24-78)74-63(96)45-29-105-104-28-44(62(95)72-41(21-34-15-17-36(83)18-16-34)60(93)73-42(22-35-23-69-38-13-7-6-12-37(35)38)61(94)71-39(14-8-9-19-68)58(91)77-49(32(2)82)64(97)76-45)75-59(92)40(20-33-10-4-3-5-11-33)70-30-67(98)57(90)55(46(84)27-99-67)102-66-54(89)52(87)56(48(26-80)101-66)103-65-53(88)51(86)50(85)47(25-79)100-65/h3-7,10-13,15-18,23,31-32,39-57,65-66,69-70,78-90,98H,8-9,14,19-22,24-30,68H2,1-2H3,(H,71,94)(H,72,95)(H,73,93)(H,74,96)(H,75,92)(H,76,97)(H,77,91)/t31-,32-,39+,40-,41+,42-,43+,44+,45+,46-,47-,48-,49+,50-,51+,52-,53-,54-,55-,56-,57+,65-,66-,67-/m1/s1. The number of phenols is 1. The van der Waals surface area contributed by atoms with Crippen LogP contribution in [0.5, 0.6) is 5.75 Å². The lowest BCUT2D eigenvalue weighted by molar-refractivity contribution is -0.383. The zero-order valence-electron chi connectivity index (χ0n) is 57.3. The zero-order valence-corrected chi connectivity index (χ0v) is 58.9. The molecule has 582 valence electrons. The number of para-hydroxylation sites is 1. The molecule has 5 heterocycles. The Kier molecular flexibility index (Phi) is 31.4. The SMILES string of the molecule is C[C@@H](O)[C@H](CO)NC(=O)[C@@H]1CSSC[C@H](NC(=O)[C@@H](Cc2ccccc2)NC[C@@]2(O)OC[C@@H](O)[C@@H](O[C@H]3O[C@H](CO)[C@@H](O[C@H]4O[C@H](CO)[C@@H](O)[C@H](O)[C@H]4O)[C@H](O)[C@H]3O)[C@@H]2O)C(=O)N[C@@H](Cc2ccc(O)cc2)C(=O)N[C@H](Cc2c[nH]c3ccccc23)C(=O)N[C@@H](CCCCN)C(=O)N[C@@H]([C@@H](C)O)C(=O)N1. The van der Waals surface area contributed by atoms with Gasteiger partial charge in [-0.05, 0) is 81.0 Å². The number of carbonyl (C=O) groups excluding carboxylic acids is 7. The molecule has 0 aliphatic carbocycles. The number of hydrogen-bond donors (Lipinski definition) is 24. The van der Waals surface area contributed by atoms with Gasteiger partial charge in [-0.3, -0.25) is 33.6 Å². The van der Waals surface area contributed by atoms with Crippen LogP contribution in [0.15, 0.2) is 85.1 Å². The van der Waals surface area contributed by atoms with E-state index in [1.54, 1.807) is 60.8 Å². The fourth-order valence-corrected chi connectivity index (χ4v) is 14.5. The molecule has 3 aromatic carbocycles. The van der Waals surface area contributed by atoms with E-state index in [4.69, 9.17) is 29.4 Å². The van der Waals surface area contributed by atoms with Crippen molar-refractivity contribution in [1.82, 2.24) is 47.5 Å². The van der Waals surface area contributed by atoms with Crippen LogP contribution in [-0.4, -0.2) is 315 Å². The number of phenolic OH excluding ortho intramolecular Hbond substituents is 1. The van der Waals surface area contributed by atoms with Crippen molar-refractivity contribution in [1.29, 1.82) is 0 Å². The molecule has 0 radical (unpaired) electrons. The van der Waals surface area contributed by atoms with Crippen LogP contribution < -0.4 is 48.3 Å². The Morgan fingerprint density at radius 3 is 1.94 bits per heavy atom. The predicted molar refractivity (Wildman–Crippen MR) is 372 cm³/mol. The van der Waals surface area contributed by atoms with Gasteiger partial charge in [-0.2, -0.15) is 0 Å². The Morgan fingerprint density at radius 1 is 0.676 bits per heavy atom. The van der Waals surface area contributed by atoms with Crippen LogP contribution in [0.2, 0.25) is 0 Å². The second-order valence-electron chi connectivity index (χ2n) is 26.3. The van der Waals surface area contributed by atoms with E-state index >= 15 is 14.4 Å². The van der Waals surface area contributed by atoms with E-state index in [-0.39, 0.29) is 44.4 Å². The lowest BCUT2D eigenvalue weighted by atomic mass is 9.94. The number of carbonyl (C=O) groups is 7. The maximum atomic E-state index is 15.3. The summed E-state index contributed by atoms with van der Waals surface area (Å²) in [5.41, 5.74) is 7.89. The van der Waals surface area contributed by atoms with Crippen LogP contribution in [0.25, 0.3) is 10.9 Å². The summed E-state index contributed by atoms with van der Waals surface area (Å²) in [5.74, 6) is -10.7. The molecule has 0 spiro atoms. The molecule has 0 bridgehead atoms. The molecule has 7 amide bonds. The monoisotopic (exact) mass is 1520 g/mol. The van der Waals surface area contributed by atoms with Crippen molar-refractivity contribution in [2.24, 2.45) is 5.73 Å². The Bertz CT molecular complexity index is 3480. The molecule has 105 heavy (non-hydrogen) atoms. The average molecular weight is 1520 g/mol. The Hall–Kier alpha value is -6.81. The van der Waals surface area contributed by atoms with E-state index in [0.717, 1.165) is 21.6 Å². The molecular formula is C67H96N10O26S2. The normalized spacial score (nSPS) is 32.6. The van der Waals surface area contributed by atoms with Crippen LogP contribution in [0.3, 0.4) is 0 Å². The summed E-state index contributed by atoms with van der Waals surface area (Å²) in [5, 5.41) is 173. The molecule has 36 nitrogen and oxygen atoms in total. The first-order chi connectivity index (χ1) is 50.1. The predicted octanol–water partition coefficient (Wildman–Crippen LogP) is -8.02. The molecule has 8 rings (SSSR count). The second-order valence-corrected chi connectivity index (χ2v) is 28.8. The van der Waals surface area contributed by atoms with Crippen molar-refractivity contribution in [2.75, 3.05) is 51.0 Å². The van der Waals surface area contributed by atoms with Crippen molar-refractivity contribution in [2.45, 2.75) is 198 Å². The van der Waals surface area contributed by atoms with Gasteiger partial charge in [0.15, 0.2) is 12.6 Å². The molecule has 4 aromatic rings. The summed E-state index contributed by atoms with van der Waals surface area (Å²) in [6.45, 7) is -1.64. The third-order valence-corrected chi connectivity index (χ3v) is 20.8. The van der Waals surface area contributed by atoms with Gasteiger partial charge < -0.3 is 148 Å². The van der Waals surface area contributed by atoms with E-state index in [1.165, 1.54) is 38.1 Å². The van der Waals surface area contributed by atoms with Gasteiger partial charge in [0.25, 0.3) is 0 Å². The van der Waals surface area contributed by atoms with Gasteiger partial charge >= 0.3 is 0 Å². The number of aromatic hydroxyl groups is 1. The molecule has 0 unspecified atom stereocenters. The number of hydrogen-bond acceptors (Lipinski definition) is 30. The van der Waals surface area contributed by atoms with Crippen molar-refractivity contribution in [3.8, 4) is 5.75 Å². The topological polar surface area (TPSA) is 587 Å². The number of fused-ring (bicyclic) bond motifs is 1. The summed E-state index contributed by atoms with van der Waals surface area (Å²) in [7, 11) is 1.72. The van der Waals surface area contributed by atoms with Crippen LogP contribution in [-0.2, 0) is 76.5 Å². The summed E-state index contributed by atoms with van der Waals surface area (Å²) >= 11 is 0. The van der Waals surface area contributed by atoms with Crippen molar-refractivity contribution < 1.29 is 129 Å². The minimum absolute atomic E-state index is 0.0777. The number of ether oxygens (including phenoxy) is 5. The number of nitrogens with two attached hydrogens (primary N) is 1. The van der Waals surface area contributed by atoms with E-state index in [0.29, 0.717) is 34.0 Å². The minimum atomic E-state index is -2.82. The maximum Gasteiger partial charge on any atom is 0.245 e. The summed E-state index contributed by atoms with van der Waals surface area (Å²) < 4.78 is 28.2. The fraction of sp³-hybridized carbons (Fsp3) is 0.597. The zero-order chi connectivity index (χ0) is 76.4. The molecular weight excluding hydrogens is 1420 g/mol. The molecule has 1 aromatic heterocycles. The van der Waals surface area contributed by atoms with Gasteiger partial charge in [-0.15, -0.1) is 0 Å². The summed E-state index contributed by atoms with van der Waals surface area (Å²) in [6, 6.07) is 8.40. The number of unbranched alkanes of at least 4 members (excludes halogenated alkanes) is 1. The number of aliphatic hydroxyl groups excluding tert-OH is 12. The second kappa shape index (κ2) is 39.3. The number of rotatable bonds is 26. The van der Waals surface area contributed by atoms with E-state index < -0.39 is 232 Å². The molecule has 4 aliphatic rings. The van der Waals surface area contributed by atoms with E-state index in [1.807, 2.05) is 0 Å². The summed E-state index contributed by atoms with van der Waals surface area (Å²) in [6.07, 6.45) is -26.5. The third-order valence-electron chi connectivity index (χ3n) is 18.4. The van der Waals surface area contributed by atoms with Gasteiger partial charge in [0.2, 0.25) is 47.1 Å². The number of H-pyrrole nitrogens is 1. The van der Waals surface area contributed by atoms with Crippen molar-refractivity contribution in [3.63, 3.8) is 0 Å². The van der Waals surface area contributed by atoms with Gasteiger partial charge in [0.1, 0.15) is 109 Å². The first kappa shape index (κ1) is 83.8. The third kappa shape index (κ3) is 22.2. The summed E-state index contributed by atoms with van der Waals surface area (Å²) in [4.78, 5) is 107. The van der Waals surface area contributed by atoms with Gasteiger partial charge in [0, 0.05) is 41.4 Å². The Balaban J connectivity index is 1.11. The van der Waals surface area contributed by atoms with Gasteiger partial charge in [0.05, 0.1) is 57.3 Å². The van der Waals surface area contributed by atoms with Crippen molar-refractivity contribution >= 4 is 73.8 Å².